The van der Waals surface area contributed by atoms with Crippen LogP contribution in [0.25, 0.3) is 0 Å². The molecule has 2 rings (SSSR count). The first-order valence-electron chi connectivity index (χ1n) is 6.52. The molecule has 0 aliphatic rings. The van der Waals surface area contributed by atoms with E-state index >= 15 is 0 Å². The molecule has 2 aromatic carbocycles. The van der Waals surface area contributed by atoms with Gasteiger partial charge in [-0.05, 0) is 42.5 Å². The minimum Gasteiger partial charge on any atom is -0.358 e. The van der Waals surface area contributed by atoms with Crippen molar-refractivity contribution < 1.29 is 17.6 Å². The van der Waals surface area contributed by atoms with Crippen molar-refractivity contribution in [3.63, 3.8) is 0 Å². The van der Waals surface area contributed by atoms with E-state index in [0.717, 1.165) is 18.2 Å². The summed E-state index contributed by atoms with van der Waals surface area (Å²) in [5.74, 6) is -0.511. The predicted octanol–water partition coefficient (Wildman–Crippen LogP) is 5.64. The molecule has 0 spiro atoms. The maximum atomic E-state index is 13.6. The van der Waals surface area contributed by atoms with Crippen molar-refractivity contribution in [1.82, 2.24) is 5.32 Å². The fourth-order valence-electron chi connectivity index (χ4n) is 1.84. The number of halogens is 6. The van der Waals surface area contributed by atoms with Gasteiger partial charge < -0.3 is 10.6 Å². The number of hydrogen-bond acceptors (Lipinski definition) is 1. The summed E-state index contributed by atoms with van der Waals surface area (Å²) in [5.41, 5.74) is -0.544. The zero-order chi connectivity index (χ0) is 17.9. The first-order valence-corrected chi connectivity index (χ1v) is 7.69. The number of thiocarbonyl (C=S) groups is 1. The molecule has 2 nitrogen and oxygen atoms in total. The molecule has 0 aromatic heterocycles. The van der Waals surface area contributed by atoms with Crippen LogP contribution < -0.4 is 10.6 Å². The van der Waals surface area contributed by atoms with Gasteiger partial charge in [0.05, 0.1) is 10.6 Å². The van der Waals surface area contributed by atoms with E-state index in [4.69, 9.17) is 35.4 Å². The lowest BCUT2D eigenvalue weighted by molar-refractivity contribution is -0.137. The van der Waals surface area contributed by atoms with Gasteiger partial charge in [-0.15, -0.1) is 0 Å². The zero-order valence-electron chi connectivity index (χ0n) is 11.8. The monoisotopic (exact) mass is 396 g/mol. The largest absolute Gasteiger partial charge is 0.417 e. The number of anilines is 1. The molecule has 0 atom stereocenters. The van der Waals surface area contributed by atoms with Crippen LogP contribution in [-0.2, 0) is 12.7 Å². The van der Waals surface area contributed by atoms with E-state index in [1.54, 1.807) is 0 Å². The van der Waals surface area contributed by atoms with E-state index in [2.05, 4.69) is 10.6 Å². The van der Waals surface area contributed by atoms with E-state index in [9.17, 15) is 17.6 Å². The van der Waals surface area contributed by atoms with E-state index in [-0.39, 0.29) is 22.4 Å². The van der Waals surface area contributed by atoms with Gasteiger partial charge in [-0.2, -0.15) is 13.2 Å². The average Bonchev–Trinajstić information content (AvgIpc) is 2.47. The number of nitrogens with one attached hydrogen (secondary N) is 2. The van der Waals surface area contributed by atoms with E-state index in [0.29, 0.717) is 5.56 Å². The summed E-state index contributed by atoms with van der Waals surface area (Å²) >= 11 is 16.2. The van der Waals surface area contributed by atoms with Crippen molar-refractivity contribution in [1.29, 1.82) is 0 Å². The van der Waals surface area contributed by atoms with Crippen LogP contribution in [0.1, 0.15) is 11.1 Å². The maximum Gasteiger partial charge on any atom is 0.417 e. The average molecular weight is 397 g/mol. The van der Waals surface area contributed by atoms with Gasteiger partial charge in [-0.3, -0.25) is 0 Å². The highest BCUT2D eigenvalue weighted by Gasteiger charge is 2.33. The van der Waals surface area contributed by atoms with Crippen molar-refractivity contribution in [2.45, 2.75) is 12.7 Å². The lowest BCUT2D eigenvalue weighted by Gasteiger charge is -2.14. The lowest BCUT2D eigenvalue weighted by Crippen LogP contribution is -2.28. The van der Waals surface area contributed by atoms with Crippen molar-refractivity contribution in [3.05, 3.63) is 63.4 Å². The number of benzene rings is 2. The summed E-state index contributed by atoms with van der Waals surface area (Å²) in [6.07, 6.45) is -4.57. The Labute approximate surface area is 150 Å². The molecule has 24 heavy (non-hydrogen) atoms. The molecule has 9 heteroatoms. The topological polar surface area (TPSA) is 24.1 Å². The molecule has 0 unspecified atom stereocenters. The summed E-state index contributed by atoms with van der Waals surface area (Å²) in [6.45, 7) is 0.0502. The lowest BCUT2D eigenvalue weighted by atomic mass is 10.2. The minimum atomic E-state index is -4.57. The number of rotatable bonds is 3. The Morgan fingerprint density at radius 2 is 1.79 bits per heavy atom. The van der Waals surface area contributed by atoms with E-state index in [1.807, 2.05) is 0 Å². The molecular weight excluding hydrogens is 387 g/mol. The Hall–Kier alpha value is -1.57. The molecular formula is C15H10Cl2F4N2S. The number of alkyl halides is 3. The third-order valence-electron chi connectivity index (χ3n) is 2.98. The van der Waals surface area contributed by atoms with Crippen molar-refractivity contribution in [3.8, 4) is 0 Å². The van der Waals surface area contributed by atoms with Gasteiger partial charge in [0.1, 0.15) is 5.82 Å². The first-order chi connectivity index (χ1) is 11.2. The van der Waals surface area contributed by atoms with Crippen molar-refractivity contribution in [2.24, 2.45) is 0 Å². The first kappa shape index (κ1) is 18.8. The summed E-state index contributed by atoms with van der Waals surface area (Å²) in [5, 5.41) is 5.20. The molecule has 0 aliphatic carbocycles. The van der Waals surface area contributed by atoms with Gasteiger partial charge in [0.2, 0.25) is 0 Å². The molecule has 2 aromatic rings. The third-order valence-corrected chi connectivity index (χ3v) is 3.80. The molecule has 2 N–H and O–H groups in total. The predicted molar refractivity (Wildman–Crippen MR) is 90.9 cm³/mol. The molecule has 0 heterocycles. The Bertz CT molecular complexity index is 766. The van der Waals surface area contributed by atoms with Gasteiger partial charge in [-0.25, -0.2) is 4.39 Å². The Morgan fingerprint density at radius 3 is 2.42 bits per heavy atom. The molecule has 0 amide bonds. The fourth-order valence-corrected chi connectivity index (χ4v) is 2.41. The summed E-state index contributed by atoms with van der Waals surface area (Å²) in [7, 11) is 0. The second-order valence-corrected chi connectivity index (χ2v) is 5.99. The van der Waals surface area contributed by atoms with Crippen LogP contribution in [0.5, 0.6) is 0 Å². The fraction of sp³-hybridized carbons (Fsp3) is 0.133. The van der Waals surface area contributed by atoms with Crippen molar-refractivity contribution >= 4 is 46.2 Å². The van der Waals surface area contributed by atoms with Crippen LogP contribution in [0.15, 0.2) is 36.4 Å². The van der Waals surface area contributed by atoms with Gasteiger partial charge in [0.25, 0.3) is 0 Å². The quantitative estimate of drug-likeness (QED) is 0.518. The summed E-state index contributed by atoms with van der Waals surface area (Å²) in [4.78, 5) is 0. The Kier molecular flexibility index (Phi) is 5.90. The number of hydrogen-bond donors (Lipinski definition) is 2. The van der Waals surface area contributed by atoms with Crippen LogP contribution in [0.4, 0.5) is 23.2 Å². The van der Waals surface area contributed by atoms with Crippen LogP contribution in [0.2, 0.25) is 10.0 Å². The SMILES string of the molecule is Fc1cc(Cl)ccc1CNC(=S)Nc1ccc(Cl)c(C(F)(F)F)c1. The molecule has 128 valence electrons. The second-order valence-electron chi connectivity index (χ2n) is 4.74. The van der Waals surface area contributed by atoms with Crippen LogP contribution in [0, 0.1) is 5.82 Å². The van der Waals surface area contributed by atoms with E-state index in [1.165, 1.54) is 18.2 Å². The summed E-state index contributed by atoms with van der Waals surface area (Å²) < 4.78 is 52.0. The molecule has 0 saturated heterocycles. The third kappa shape index (κ3) is 4.96. The highest BCUT2D eigenvalue weighted by Crippen LogP contribution is 2.36. The van der Waals surface area contributed by atoms with Crippen molar-refractivity contribution in [2.75, 3.05) is 5.32 Å². The molecule has 0 aliphatic heterocycles. The highest BCUT2D eigenvalue weighted by atomic mass is 35.5. The smallest absolute Gasteiger partial charge is 0.358 e. The highest BCUT2D eigenvalue weighted by molar-refractivity contribution is 7.80. The Morgan fingerprint density at radius 1 is 1.08 bits per heavy atom. The Balaban J connectivity index is 2.02. The normalized spacial score (nSPS) is 11.2. The summed E-state index contributed by atoms with van der Waals surface area (Å²) in [6, 6.07) is 7.48. The zero-order valence-corrected chi connectivity index (χ0v) is 14.2. The molecule has 0 saturated carbocycles. The maximum absolute atomic E-state index is 13.6. The van der Waals surface area contributed by atoms with Gasteiger partial charge in [0.15, 0.2) is 5.11 Å². The van der Waals surface area contributed by atoms with Gasteiger partial charge in [0, 0.05) is 22.8 Å². The molecule has 0 bridgehead atoms. The van der Waals surface area contributed by atoms with Crippen LogP contribution >= 0.6 is 35.4 Å². The second kappa shape index (κ2) is 7.55. The van der Waals surface area contributed by atoms with Crippen LogP contribution in [0.3, 0.4) is 0 Å². The minimum absolute atomic E-state index is 0.0415. The van der Waals surface area contributed by atoms with E-state index < -0.39 is 22.6 Å². The van der Waals surface area contributed by atoms with Gasteiger partial charge >= 0.3 is 6.18 Å². The molecule has 0 radical (unpaired) electrons. The van der Waals surface area contributed by atoms with Gasteiger partial charge in [-0.1, -0.05) is 29.3 Å². The standard InChI is InChI=1S/C15H10Cl2F4N2S/c16-9-2-1-8(13(18)5-9)7-22-14(24)23-10-3-4-12(17)11(6-10)15(19,20)21/h1-6H,7H2,(H2,22,23,24). The van der Waals surface area contributed by atoms with Crippen LogP contribution in [-0.4, -0.2) is 5.11 Å². The molecule has 0 fully saturated rings.